The van der Waals surface area contributed by atoms with Gasteiger partial charge in [-0.2, -0.15) is 0 Å². The lowest BCUT2D eigenvalue weighted by atomic mass is 10.1. The lowest BCUT2D eigenvalue weighted by Crippen LogP contribution is -2.44. The molecule has 0 saturated carbocycles. The van der Waals surface area contributed by atoms with Crippen LogP contribution in [-0.4, -0.2) is 48.9 Å². The first-order valence-electron chi connectivity index (χ1n) is 9.48. The van der Waals surface area contributed by atoms with E-state index in [1.54, 1.807) is 49.1 Å². The summed E-state index contributed by atoms with van der Waals surface area (Å²) in [6.45, 7) is 3.56. The fourth-order valence-electron chi connectivity index (χ4n) is 3.35. The van der Waals surface area contributed by atoms with Crippen molar-refractivity contribution in [3.63, 3.8) is 0 Å². The zero-order valence-corrected chi connectivity index (χ0v) is 18.8. The summed E-state index contributed by atoms with van der Waals surface area (Å²) in [6.07, 6.45) is -0.287. The smallest absolute Gasteiger partial charge is 0.330 e. The summed E-state index contributed by atoms with van der Waals surface area (Å²) in [4.78, 5) is 28.2. The third-order valence-corrected chi connectivity index (χ3v) is 6.19. The lowest BCUT2D eigenvalue weighted by molar-refractivity contribution is -0.151. The van der Waals surface area contributed by atoms with Gasteiger partial charge in [0.25, 0.3) is 5.91 Å². The van der Waals surface area contributed by atoms with Crippen molar-refractivity contribution in [2.24, 2.45) is 0 Å². The number of hydrogen-bond acceptors (Lipinski definition) is 6. The van der Waals surface area contributed by atoms with Crippen LogP contribution >= 0.6 is 23.4 Å². The average molecular weight is 450 g/mol. The summed E-state index contributed by atoms with van der Waals surface area (Å²) in [5.41, 5.74) is 1.09. The number of hydrogen-bond donors (Lipinski definition) is 0. The Morgan fingerprint density at radius 3 is 2.30 bits per heavy atom. The fourth-order valence-corrected chi connectivity index (χ4v) is 4.96. The van der Waals surface area contributed by atoms with Crippen LogP contribution in [0.4, 0.5) is 0 Å². The van der Waals surface area contributed by atoms with Crippen molar-refractivity contribution in [2.75, 3.05) is 20.0 Å². The first kappa shape index (κ1) is 22.3. The van der Waals surface area contributed by atoms with Crippen LogP contribution in [-0.2, 0) is 9.53 Å². The number of esters is 1. The van der Waals surface area contributed by atoms with E-state index >= 15 is 0 Å². The molecule has 2 aromatic carbocycles. The Hall–Kier alpha value is -2.38. The predicted molar refractivity (Wildman–Crippen MR) is 117 cm³/mol. The summed E-state index contributed by atoms with van der Waals surface area (Å²) in [5.74, 6) is 0.342. The Bertz CT molecular complexity index is 913. The quantitative estimate of drug-likeness (QED) is 0.602. The third kappa shape index (κ3) is 4.52. The molecule has 2 atom stereocenters. The van der Waals surface area contributed by atoms with Crippen LogP contribution in [0.15, 0.2) is 42.5 Å². The van der Waals surface area contributed by atoms with E-state index in [0.29, 0.717) is 22.3 Å². The molecule has 6 nitrogen and oxygen atoms in total. The molecule has 0 bridgehead atoms. The van der Waals surface area contributed by atoms with Gasteiger partial charge in [-0.05, 0) is 43.7 Å². The standard InChI is InChI=1S/C22H24ClNO5S/c1-13(2)29-22(26)16-12-30-21(14-7-5-8-15(23)11-14)24(16)20(25)19-17(27-3)9-6-10-18(19)28-4/h5-11,13,16,21H,12H2,1-4H3. The maximum atomic E-state index is 13.8. The second-order valence-electron chi connectivity index (χ2n) is 6.99. The molecule has 1 saturated heterocycles. The highest BCUT2D eigenvalue weighted by atomic mass is 35.5. The molecule has 0 aromatic heterocycles. The minimum atomic E-state index is -0.747. The van der Waals surface area contributed by atoms with Gasteiger partial charge in [0.15, 0.2) is 0 Å². The number of carbonyl (C=O) groups is 2. The van der Waals surface area contributed by atoms with Gasteiger partial charge in [0.05, 0.1) is 20.3 Å². The lowest BCUT2D eigenvalue weighted by Gasteiger charge is -2.30. The van der Waals surface area contributed by atoms with Crippen molar-refractivity contribution in [3.05, 3.63) is 58.6 Å². The number of nitrogens with zero attached hydrogens (tertiary/aromatic N) is 1. The SMILES string of the molecule is COc1cccc(OC)c1C(=O)N1C(C(=O)OC(C)C)CSC1c1cccc(Cl)c1. The van der Waals surface area contributed by atoms with Gasteiger partial charge in [-0.1, -0.05) is 29.8 Å². The minimum Gasteiger partial charge on any atom is -0.496 e. The largest absolute Gasteiger partial charge is 0.496 e. The van der Waals surface area contributed by atoms with Crippen LogP contribution in [0.1, 0.15) is 35.1 Å². The maximum Gasteiger partial charge on any atom is 0.330 e. The second kappa shape index (κ2) is 9.62. The highest BCUT2D eigenvalue weighted by molar-refractivity contribution is 7.99. The van der Waals surface area contributed by atoms with Gasteiger partial charge >= 0.3 is 5.97 Å². The fraction of sp³-hybridized carbons (Fsp3) is 0.364. The van der Waals surface area contributed by atoms with Crippen molar-refractivity contribution in [3.8, 4) is 11.5 Å². The number of ether oxygens (including phenoxy) is 3. The van der Waals surface area contributed by atoms with Crippen LogP contribution in [0.3, 0.4) is 0 Å². The predicted octanol–water partition coefficient (Wildman–Crippen LogP) is 4.57. The van der Waals surface area contributed by atoms with Gasteiger partial charge < -0.3 is 19.1 Å². The molecule has 30 heavy (non-hydrogen) atoms. The Kier molecular flexibility index (Phi) is 7.15. The molecule has 1 aliphatic heterocycles. The topological polar surface area (TPSA) is 65.1 Å². The Morgan fingerprint density at radius 2 is 1.73 bits per heavy atom. The number of amides is 1. The van der Waals surface area contributed by atoms with Gasteiger partial charge in [0.1, 0.15) is 28.5 Å². The van der Waals surface area contributed by atoms with Crippen molar-refractivity contribution in [1.29, 1.82) is 0 Å². The molecule has 0 radical (unpaired) electrons. The molecule has 0 spiro atoms. The van der Waals surface area contributed by atoms with Crippen LogP contribution in [0, 0.1) is 0 Å². The number of thioether (sulfide) groups is 1. The minimum absolute atomic E-state index is 0.263. The summed E-state index contributed by atoms with van der Waals surface area (Å²) in [6, 6.07) is 11.7. The van der Waals surface area contributed by atoms with E-state index in [-0.39, 0.29) is 17.6 Å². The second-order valence-corrected chi connectivity index (χ2v) is 8.54. The van der Waals surface area contributed by atoms with E-state index in [9.17, 15) is 9.59 Å². The van der Waals surface area contributed by atoms with Gasteiger partial charge in [-0.15, -0.1) is 11.8 Å². The van der Waals surface area contributed by atoms with Crippen molar-refractivity contribution in [2.45, 2.75) is 31.4 Å². The molecular weight excluding hydrogens is 426 g/mol. The van der Waals surface area contributed by atoms with E-state index in [0.717, 1.165) is 5.56 Å². The molecule has 0 aliphatic carbocycles. The van der Waals surface area contributed by atoms with E-state index in [2.05, 4.69) is 0 Å². The zero-order chi connectivity index (χ0) is 21.8. The Labute approximate surface area is 185 Å². The normalized spacial score (nSPS) is 18.4. The first-order chi connectivity index (χ1) is 14.4. The molecule has 160 valence electrons. The molecule has 1 aliphatic rings. The average Bonchev–Trinajstić information content (AvgIpc) is 3.17. The molecule has 2 unspecified atom stereocenters. The van der Waals surface area contributed by atoms with Crippen LogP contribution in [0.25, 0.3) is 0 Å². The van der Waals surface area contributed by atoms with E-state index < -0.39 is 17.4 Å². The van der Waals surface area contributed by atoms with Crippen molar-refractivity contribution in [1.82, 2.24) is 4.90 Å². The summed E-state index contributed by atoms with van der Waals surface area (Å²) in [7, 11) is 2.98. The molecule has 1 heterocycles. The number of carbonyl (C=O) groups excluding carboxylic acids is 2. The molecular formula is C22H24ClNO5S. The van der Waals surface area contributed by atoms with Crippen LogP contribution in [0.2, 0.25) is 5.02 Å². The summed E-state index contributed by atoms with van der Waals surface area (Å²) < 4.78 is 16.3. The van der Waals surface area contributed by atoms with Crippen LogP contribution < -0.4 is 9.47 Å². The van der Waals surface area contributed by atoms with Crippen molar-refractivity contribution >= 4 is 35.2 Å². The molecule has 0 N–H and O–H groups in total. The Morgan fingerprint density at radius 1 is 1.10 bits per heavy atom. The third-order valence-electron chi connectivity index (χ3n) is 4.63. The number of halogens is 1. The highest BCUT2D eigenvalue weighted by Gasteiger charge is 2.45. The van der Waals surface area contributed by atoms with E-state index in [1.165, 1.54) is 26.0 Å². The van der Waals surface area contributed by atoms with Gasteiger partial charge in [0.2, 0.25) is 0 Å². The van der Waals surface area contributed by atoms with Gasteiger partial charge in [-0.25, -0.2) is 4.79 Å². The molecule has 2 aromatic rings. The first-order valence-corrected chi connectivity index (χ1v) is 10.9. The zero-order valence-electron chi connectivity index (χ0n) is 17.3. The monoisotopic (exact) mass is 449 g/mol. The van der Waals surface area contributed by atoms with Crippen molar-refractivity contribution < 1.29 is 23.8 Å². The molecule has 1 amide bonds. The molecule has 3 rings (SSSR count). The summed E-state index contributed by atoms with van der Waals surface area (Å²) in [5, 5.41) is 0.152. The highest BCUT2D eigenvalue weighted by Crippen LogP contribution is 2.44. The Balaban J connectivity index is 2.08. The molecule has 8 heteroatoms. The van der Waals surface area contributed by atoms with Gasteiger partial charge in [0, 0.05) is 10.8 Å². The number of methoxy groups -OCH3 is 2. The van der Waals surface area contributed by atoms with Gasteiger partial charge in [-0.3, -0.25) is 4.79 Å². The maximum absolute atomic E-state index is 13.8. The number of benzene rings is 2. The van der Waals surface area contributed by atoms with Crippen LogP contribution in [0.5, 0.6) is 11.5 Å². The van der Waals surface area contributed by atoms with E-state index in [1.807, 2.05) is 12.1 Å². The molecule has 1 fully saturated rings. The number of rotatable bonds is 6. The summed E-state index contributed by atoms with van der Waals surface area (Å²) >= 11 is 7.68. The van der Waals surface area contributed by atoms with E-state index in [4.69, 9.17) is 25.8 Å².